The molecule has 0 saturated heterocycles. The molecule has 1 aliphatic rings. The van der Waals surface area contributed by atoms with Crippen LogP contribution in [0.4, 0.5) is 0 Å². The second-order valence-corrected chi connectivity index (χ2v) is 7.45. The Morgan fingerprint density at radius 1 is 1.56 bits per heavy atom. The van der Waals surface area contributed by atoms with Gasteiger partial charge in [-0.2, -0.15) is 0 Å². The number of nitrogens with two attached hydrogens (primary N) is 1. The minimum atomic E-state index is 0.203. The van der Waals surface area contributed by atoms with Gasteiger partial charge < -0.3 is 5.73 Å². The van der Waals surface area contributed by atoms with Crippen LogP contribution in [0, 0.1) is 5.92 Å². The van der Waals surface area contributed by atoms with Crippen LogP contribution in [-0.4, -0.2) is 24.0 Å². The van der Waals surface area contributed by atoms with Crippen LogP contribution in [0.3, 0.4) is 0 Å². The van der Waals surface area contributed by atoms with E-state index in [1.54, 1.807) is 0 Å². The average Bonchev–Trinajstić information content (AvgIpc) is 2.75. The fourth-order valence-electron chi connectivity index (χ4n) is 3.25. The number of thiophene rings is 1. The smallest absolute Gasteiger partial charge is 0.0358 e. The van der Waals surface area contributed by atoms with Crippen molar-refractivity contribution in [3.8, 4) is 0 Å². The average molecular weight is 331 g/mol. The van der Waals surface area contributed by atoms with Crippen LogP contribution < -0.4 is 5.73 Å². The fourth-order valence-corrected chi connectivity index (χ4v) is 4.75. The molecule has 0 bridgehead atoms. The Morgan fingerprint density at radius 3 is 2.89 bits per heavy atom. The molecular formula is C14H23BrN2S. The number of hydrogen-bond acceptors (Lipinski definition) is 3. The molecule has 2 unspecified atom stereocenters. The van der Waals surface area contributed by atoms with Gasteiger partial charge in [0, 0.05) is 33.4 Å². The van der Waals surface area contributed by atoms with Gasteiger partial charge in [-0.15, -0.1) is 11.3 Å². The van der Waals surface area contributed by atoms with Gasteiger partial charge in [0.05, 0.1) is 0 Å². The molecule has 2 N–H and O–H groups in total. The molecule has 18 heavy (non-hydrogen) atoms. The number of likely N-dealkylation sites (N-methyl/N-ethyl adjacent to an activating group) is 1. The normalized spacial score (nSPS) is 28.8. The van der Waals surface area contributed by atoms with Crippen LogP contribution in [0.25, 0.3) is 0 Å². The molecule has 0 spiro atoms. The highest BCUT2D eigenvalue weighted by Gasteiger charge is 2.40. The summed E-state index contributed by atoms with van der Waals surface area (Å²) < 4.78 is 1.19. The summed E-state index contributed by atoms with van der Waals surface area (Å²) in [5.41, 5.74) is 6.34. The van der Waals surface area contributed by atoms with Gasteiger partial charge in [0.25, 0.3) is 0 Å². The first kappa shape index (κ1) is 14.5. The summed E-state index contributed by atoms with van der Waals surface area (Å²) in [4.78, 5) is 3.91. The van der Waals surface area contributed by atoms with Gasteiger partial charge in [-0.25, -0.2) is 0 Å². The summed E-state index contributed by atoms with van der Waals surface area (Å²) in [5, 5.41) is 2.16. The molecule has 1 aliphatic carbocycles. The van der Waals surface area contributed by atoms with E-state index in [-0.39, 0.29) is 5.54 Å². The molecule has 102 valence electrons. The van der Waals surface area contributed by atoms with E-state index in [0.29, 0.717) is 5.92 Å². The quantitative estimate of drug-likeness (QED) is 0.908. The third-order valence-corrected chi connectivity index (χ3v) is 6.22. The van der Waals surface area contributed by atoms with Crippen molar-refractivity contribution < 1.29 is 0 Å². The third kappa shape index (κ3) is 2.82. The maximum absolute atomic E-state index is 6.14. The number of nitrogens with zero attached hydrogens (tertiary/aromatic N) is 1. The molecule has 1 saturated carbocycles. The predicted octanol–water partition coefficient (Wildman–Crippen LogP) is 3.85. The zero-order valence-electron chi connectivity index (χ0n) is 11.3. The SMILES string of the molecule is CC1CCCCC1(CN)N(C)Cc1cc(Br)cs1. The zero-order chi connectivity index (χ0) is 13.2. The molecule has 1 heterocycles. The van der Waals surface area contributed by atoms with Crippen LogP contribution in [0.5, 0.6) is 0 Å². The van der Waals surface area contributed by atoms with Crippen molar-refractivity contribution >= 4 is 27.3 Å². The summed E-state index contributed by atoms with van der Waals surface area (Å²) in [6.45, 7) is 4.15. The van der Waals surface area contributed by atoms with Crippen molar-refractivity contribution in [1.82, 2.24) is 4.90 Å². The fraction of sp³-hybridized carbons (Fsp3) is 0.714. The highest BCUT2D eigenvalue weighted by molar-refractivity contribution is 9.10. The van der Waals surface area contributed by atoms with E-state index in [1.165, 1.54) is 35.0 Å². The van der Waals surface area contributed by atoms with E-state index in [2.05, 4.69) is 46.2 Å². The number of hydrogen-bond donors (Lipinski definition) is 1. The maximum atomic E-state index is 6.14. The Labute approximate surface area is 123 Å². The summed E-state index contributed by atoms with van der Waals surface area (Å²) in [5.74, 6) is 0.699. The molecule has 1 fully saturated rings. The molecule has 0 radical (unpaired) electrons. The summed E-state index contributed by atoms with van der Waals surface area (Å²) in [6.07, 6.45) is 5.24. The number of halogens is 1. The minimum Gasteiger partial charge on any atom is -0.329 e. The second kappa shape index (κ2) is 6.04. The largest absolute Gasteiger partial charge is 0.329 e. The molecule has 4 heteroatoms. The predicted molar refractivity (Wildman–Crippen MR) is 82.9 cm³/mol. The Balaban J connectivity index is 2.11. The molecule has 2 atom stereocenters. The van der Waals surface area contributed by atoms with Crippen molar-refractivity contribution in [3.05, 3.63) is 20.8 Å². The van der Waals surface area contributed by atoms with E-state index in [0.717, 1.165) is 13.1 Å². The zero-order valence-corrected chi connectivity index (χ0v) is 13.7. The molecule has 0 aliphatic heterocycles. The van der Waals surface area contributed by atoms with E-state index in [1.807, 2.05) is 11.3 Å². The standard InChI is InChI=1S/C14H23BrN2S/c1-11-5-3-4-6-14(11,10-16)17(2)8-13-7-12(15)9-18-13/h7,9,11H,3-6,8,10,16H2,1-2H3. The summed E-state index contributed by atoms with van der Waals surface area (Å²) in [6, 6.07) is 2.22. The first-order valence-corrected chi connectivity index (χ1v) is 8.40. The van der Waals surface area contributed by atoms with Crippen molar-refractivity contribution in [2.45, 2.75) is 44.7 Å². The lowest BCUT2D eigenvalue weighted by Gasteiger charge is -2.48. The van der Waals surface area contributed by atoms with E-state index >= 15 is 0 Å². The first-order chi connectivity index (χ1) is 8.58. The molecule has 1 aromatic rings. The number of rotatable bonds is 4. The summed E-state index contributed by atoms with van der Waals surface area (Å²) in [7, 11) is 2.24. The molecule has 2 rings (SSSR count). The van der Waals surface area contributed by atoms with Gasteiger partial charge in [0.1, 0.15) is 0 Å². The molecule has 0 amide bonds. The van der Waals surface area contributed by atoms with Gasteiger partial charge in [-0.1, -0.05) is 19.8 Å². The topological polar surface area (TPSA) is 29.3 Å². The van der Waals surface area contributed by atoms with Crippen LogP contribution in [0.15, 0.2) is 15.9 Å². The van der Waals surface area contributed by atoms with Crippen molar-refractivity contribution in [2.75, 3.05) is 13.6 Å². The Morgan fingerprint density at radius 2 is 2.33 bits per heavy atom. The first-order valence-electron chi connectivity index (χ1n) is 6.73. The Kier molecular flexibility index (Phi) is 4.86. The van der Waals surface area contributed by atoms with Gasteiger partial charge in [0.15, 0.2) is 0 Å². The maximum Gasteiger partial charge on any atom is 0.0358 e. The van der Waals surface area contributed by atoms with E-state index in [4.69, 9.17) is 5.73 Å². The molecular weight excluding hydrogens is 308 g/mol. The van der Waals surface area contributed by atoms with Gasteiger partial charge >= 0.3 is 0 Å². The van der Waals surface area contributed by atoms with Crippen molar-refractivity contribution in [1.29, 1.82) is 0 Å². The lowest BCUT2D eigenvalue weighted by atomic mass is 9.72. The highest BCUT2D eigenvalue weighted by Crippen LogP contribution is 2.38. The molecule has 1 aromatic heterocycles. The van der Waals surface area contributed by atoms with Crippen LogP contribution in [0.2, 0.25) is 0 Å². The van der Waals surface area contributed by atoms with E-state index < -0.39 is 0 Å². The molecule has 2 nitrogen and oxygen atoms in total. The van der Waals surface area contributed by atoms with Gasteiger partial charge in [-0.3, -0.25) is 4.90 Å². The van der Waals surface area contributed by atoms with Crippen LogP contribution in [0.1, 0.15) is 37.5 Å². The van der Waals surface area contributed by atoms with Crippen molar-refractivity contribution in [2.24, 2.45) is 11.7 Å². The monoisotopic (exact) mass is 330 g/mol. The van der Waals surface area contributed by atoms with E-state index in [9.17, 15) is 0 Å². The minimum absolute atomic E-state index is 0.203. The summed E-state index contributed by atoms with van der Waals surface area (Å²) >= 11 is 5.35. The van der Waals surface area contributed by atoms with Gasteiger partial charge in [0.2, 0.25) is 0 Å². The van der Waals surface area contributed by atoms with Crippen LogP contribution >= 0.6 is 27.3 Å². The lowest BCUT2D eigenvalue weighted by molar-refractivity contribution is 0.0286. The molecule has 0 aromatic carbocycles. The lowest BCUT2D eigenvalue weighted by Crippen LogP contribution is -2.57. The highest BCUT2D eigenvalue weighted by atomic mass is 79.9. The Bertz CT molecular complexity index is 393. The Hall–Kier alpha value is 0.1000. The second-order valence-electron chi connectivity index (χ2n) is 5.54. The van der Waals surface area contributed by atoms with Crippen LogP contribution in [-0.2, 0) is 6.54 Å². The van der Waals surface area contributed by atoms with Gasteiger partial charge in [-0.05, 0) is 47.8 Å². The van der Waals surface area contributed by atoms with Crippen molar-refractivity contribution in [3.63, 3.8) is 0 Å². The third-order valence-electron chi connectivity index (χ3n) is 4.54.